The molecular formula is C18H23N5O3S. The molecule has 1 fully saturated rings. The van der Waals surface area contributed by atoms with Crippen molar-refractivity contribution in [2.75, 3.05) is 45.6 Å². The molecule has 2 aromatic rings. The van der Waals surface area contributed by atoms with Crippen LogP contribution in [-0.2, 0) is 10.2 Å². The lowest BCUT2D eigenvalue weighted by Gasteiger charge is -2.35. The van der Waals surface area contributed by atoms with Gasteiger partial charge in [0.25, 0.3) is 10.2 Å². The van der Waals surface area contributed by atoms with Crippen LogP contribution in [0, 0.1) is 0 Å². The molecule has 1 aromatic heterocycles. The molecule has 0 unspecified atom stereocenters. The first kappa shape index (κ1) is 19.3. The molecule has 0 atom stereocenters. The first-order chi connectivity index (χ1) is 12.9. The summed E-state index contributed by atoms with van der Waals surface area (Å²) >= 11 is 0. The minimum Gasteiger partial charge on any atom is -0.322 e. The van der Waals surface area contributed by atoms with E-state index in [9.17, 15) is 13.2 Å². The maximum Gasteiger partial charge on any atom is 0.321 e. The van der Waals surface area contributed by atoms with Gasteiger partial charge < -0.3 is 10.2 Å². The summed E-state index contributed by atoms with van der Waals surface area (Å²) in [7, 11) is -0.437. The number of nitrogens with zero attached hydrogens (tertiary/aromatic N) is 4. The molecule has 0 aliphatic carbocycles. The molecule has 27 heavy (non-hydrogen) atoms. The van der Waals surface area contributed by atoms with Gasteiger partial charge in [0, 0.05) is 57.7 Å². The number of urea groups is 1. The van der Waals surface area contributed by atoms with Crippen molar-refractivity contribution in [1.29, 1.82) is 0 Å². The second-order valence-corrected chi connectivity index (χ2v) is 8.54. The minimum atomic E-state index is -3.44. The molecule has 1 saturated heterocycles. The molecule has 144 valence electrons. The van der Waals surface area contributed by atoms with Crippen LogP contribution in [0.2, 0.25) is 0 Å². The van der Waals surface area contributed by atoms with Gasteiger partial charge in [-0.2, -0.15) is 17.0 Å². The van der Waals surface area contributed by atoms with Crippen LogP contribution < -0.4 is 5.32 Å². The van der Waals surface area contributed by atoms with E-state index in [-0.39, 0.29) is 19.1 Å². The van der Waals surface area contributed by atoms with Crippen molar-refractivity contribution < 1.29 is 13.2 Å². The van der Waals surface area contributed by atoms with Gasteiger partial charge in [-0.15, -0.1) is 0 Å². The van der Waals surface area contributed by atoms with Gasteiger partial charge in [-0.3, -0.25) is 4.98 Å². The van der Waals surface area contributed by atoms with E-state index in [1.54, 1.807) is 11.1 Å². The van der Waals surface area contributed by atoms with E-state index in [1.165, 1.54) is 22.7 Å². The third-order valence-corrected chi connectivity index (χ3v) is 6.33. The van der Waals surface area contributed by atoms with Crippen LogP contribution in [0.4, 0.5) is 10.5 Å². The standard InChI is InChI=1S/C18H23N5O3S/c1-21(2)27(25,26)23-12-10-22(11-13-23)18(24)20-16-7-5-6-15(14-16)17-8-3-4-9-19-17/h3-9,14H,10-13H2,1-2H3,(H,20,24). The molecule has 0 spiro atoms. The second-order valence-electron chi connectivity index (χ2n) is 6.40. The summed E-state index contributed by atoms with van der Waals surface area (Å²) in [5.74, 6) is 0. The highest BCUT2D eigenvalue weighted by molar-refractivity contribution is 7.86. The minimum absolute atomic E-state index is 0.241. The average Bonchev–Trinajstić information content (AvgIpc) is 2.69. The highest BCUT2D eigenvalue weighted by Gasteiger charge is 2.30. The Morgan fingerprint density at radius 1 is 1.07 bits per heavy atom. The highest BCUT2D eigenvalue weighted by atomic mass is 32.2. The number of amides is 2. The summed E-state index contributed by atoms with van der Waals surface area (Å²) in [6.07, 6.45) is 1.72. The zero-order valence-electron chi connectivity index (χ0n) is 15.4. The number of piperazine rings is 1. The Morgan fingerprint density at radius 2 is 1.81 bits per heavy atom. The van der Waals surface area contributed by atoms with E-state index in [1.807, 2.05) is 42.5 Å². The van der Waals surface area contributed by atoms with Crippen molar-refractivity contribution in [1.82, 2.24) is 18.5 Å². The first-order valence-corrected chi connectivity index (χ1v) is 10.0. The fourth-order valence-electron chi connectivity index (χ4n) is 2.85. The smallest absolute Gasteiger partial charge is 0.321 e. The lowest BCUT2D eigenvalue weighted by Crippen LogP contribution is -2.53. The number of hydrogen-bond acceptors (Lipinski definition) is 4. The maximum absolute atomic E-state index is 12.5. The molecule has 0 saturated carbocycles. The fraction of sp³-hybridized carbons (Fsp3) is 0.333. The summed E-state index contributed by atoms with van der Waals surface area (Å²) in [4.78, 5) is 18.5. The lowest BCUT2D eigenvalue weighted by atomic mass is 10.1. The normalized spacial score (nSPS) is 15.7. The van der Waals surface area contributed by atoms with Gasteiger partial charge in [0.15, 0.2) is 0 Å². The van der Waals surface area contributed by atoms with Crippen molar-refractivity contribution >= 4 is 21.9 Å². The van der Waals surface area contributed by atoms with Gasteiger partial charge >= 0.3 is 6.03 Å². The predicted molar refractivity (Wildman–Crippen MR) is 104 cm³/mol. The van der Waals surface area contributed by atoms with Crippen LogP contribution in [0.3, 0.4) is 0 Å². The Kier molecular flexibility index (Phi) is 5.73. The quantitative estimate of drug-likeness (QED) is 0.862. The molecule has 3 rings (SSSR count). The highest BCUT2D eigenvalue weighted by Crippen LogP contribution is 2.21. The zero-order valence-corrected chi connectivity index (χ0v) is 16.2. The van der Waals surface area contributed by atoms with Gasteiger partial charge in [0.2, 0.25) is 0 Å². The van der Waals surface area contributed by atoms with Crippen molar-refractivity contribution in [3.63, 3.8) is 0 Å². The van der Waals surface area contributed by atoms with Crippen molar-refractivity contribution in [2.24, 2.45) is 0 Å². The maximum atomic E-state index is 12.5. The van der Waals surface area contributed by atoms with Crippen LogP contribution in [0.15, 0.2) is 48.7 Å². The Labute approximate surface area is 159 Å². The summed E-state index contributed by atoms with van der Waals surface area (Å²) in [5.41, 5.74) is 2.41. The van der Waals surface area contributed by atoms with E-state index in [0.717, 1.165) is 11.3 Å². The summed E-state index contributed by atoms with van der Waals surface area (Å²) in [6.45, 7) is 1.25. The Hall–Kier alpha value is -2.49. The largest absolute Gasteiger partial charge is 0.322 e. The fourth-order valence-corrected chi connectivity index (χ4v) is 3.93. The van der Waals surface area contributed by atoms with E-state index in [2.05, 4.69) is 10.3 Å². The number of carbonyl (C=O) groups excluding carboxylic acids is 1. The third-order valence-electron chi connectivity index (χ3n) is 4.39. The van der Waals surface area contributed by atoms with E-state index in [4.69, 9.17) is 0 Å². The van der Waals surface area contributed by atoms with Crippen LogP contribution in [0.25, 0.3) is 11.3 Å². The number of carbonyl (C=O) groups is 1. The molecule has 0 radical (unpaired) electrons. The van der Waals surface area contributed by atoms with Crippen molar-refractivity contribution in [3.05, 3.63) is 48.7 Å². The van der Waals surface area contributed by atoms with Crippen molar-refractivity contribution in [2.45, 2.75) is 0 Å². The number of benzene rings is 1. The molecule has 1 aromatic carbocycles. The predicted octanol–water partition coefficient (Wildman–Crippen LogP) is 1.70. The van der Waals surface area contributed by atoms with Crippen LogP contribution >= 0.6 is 0 Å². The molecule has 1 aliphatic rings. The molecule has 2 heterocycles. The summed E-state index contributed by atoms with van der Waals surface area (Å²) in [5, 5.41) is 2.88. The number of rotatable bonds is 4. The van der Waals surface area contributed by atoms with Gasteiger partial charge in [0.05, 0.1) is 5.69 Å². The van der Waals surface area contributed by atoms with Crippen LogP contribution in [0.5, 0.6) is 0 Å². The topological polar surface area (TPSA) is 85.9 Å². The summed E-state index contributed by atoms with van der Waals surface area (Å²) in [6, 6.07) is 12.9. The first-order valence-electron chi connectivity index (χ1n) is 8.63. The second kappa shape index (κ2) is 8.03. The molecule has 9 heteroatoms. The summed E-state index contributed by atoms with van der Waals surface area (Å²) < 4.78 is 26.9. The Bertz CT molecular complexity index is 894. The lowest BCUT2D eigenvalue weighted by molar-refractivity contribution is 0.182. The molecule has 8 nitrogen and oxygen atoms in total. The Balaban J connectivity index is 1.62. The van der Waals surface area contributed by atoms with E-state index in [0.29, 0.717) is 18.8 Å². The zero-order chi connectivity index (χ0) is 19.4. The number of pyridine rings is 1. The van der Waals surface area contributed by atoms with Gasteiger partial charge in [0.1, 0.15) is 0 Å². The molecule has 1 aliphatic heterocycles. The molecule has 2 amide bonds. The van der Waals surface area contributed by atoms with Crippen LogP contribution in [-0.4, -0.2) is 73.2 Å². The number of nitrogens with one attached hydrogen (secondary N) is 1. The molecule has 0 bridgehead atoms. The average molecular weight is 389 g/mol. The third kappa shape index (κ3) is 4.44. The monoisotopic (exact) mass is 389 g/mol. The number of aromatic nitrogens is 1. The molecular weight excluding hydrogens is 366 g/mol. The van der Waals surface area contributed by atoms with Crippen LogP contribution in [0.1, 0.15) is 0 Å². The van der Waals surface area contributed by atoms with E-state index >= 15 is 0 Å². The van der Waals surface area contributed by atoms with Crippen molar-refractivity contribution in [3.8, 4) is 11.3 Å². The SMILES string of the molecule is CN(C)S(=O)(=O)N1CCN(C(=O)Nc2cccc(-c3ccccn3)c2)CC1. The Morgan fingerprint density at radius 3 is 2.44 bits per heavy atom. The van der Waals surface area contributed by atoms with Gasteiger partial charge in [-0.25, -0.2) is 4.79 Å². The van der Waals surface area contributed by atoms with E-state index < -0.39 is 10.2 Å². The number of hydrogen-bond donors (Lipinski definition) is 1. The number of anilines is 1. The molecule has 1 N–H and O–H groups in total. The van der Waals surface area contributed by atoms with Gasteiger partial charge in [-0.05, 0) is 24.3 Å². The van der Waals surface area contributed by atoms with Gasteiger partial charge in [-0.1, -0.05) is 18.2 Å².